The van der Waals surface area contributed by atoms with Crippen LogP contribution in [0.3, 0.4) is 0 Å². The van der Waals surface area contributed by atoms with Gasteiger partial charge in [0.2, 0.25) is 0 Å². The Labute approximate surface area is 337 Å². The predicted octanol–water partition coefficient (Wildman–Crippen LogP) is 12.9. The molecule has 1 amide bonds. The SMILES string of the molecule is CCCCC/C=C\C/C=C\CCCCCCCCOC(=O)CC(CC(=O)OCCCCCCCC/C=C\C/C=C\CCCCC)NC(=O)SCCN(C)C. The molecule has 0 saturated carbocycles. The van der Waals surface area contributed by atoms with Crippen molar-refractivity contribution >= 4 is 28.9 Å². The van der Waals surface area contributed by atoms with E-state index in [1.54, 1.807) is 0 Å². The van der Waals surface area contributed by atoms with Crippen LogP contribution in [0.4, 0.5) is 4.79 Å². The van der Waals surface area contributed by atoms with Crippen LogP contribution in [0.5, 0.6) is 0 Å². The van der Waals surface area contributed by atoms with E-state index < -0.39 is 6.04 Å². The zero-order chi connectivity index (χ0) is 39.6. The van der Waals surface area contributed by atoms with Gasteiger partial charge in [-0.1, -0.05) is 151 Å². The van der Waals surface area contributed by atoms with E-state index in [1.807, 2.05) is 19.0 Å². The fraction of sp³-hybridized carbons (Fsp3) is 0.761. The molecule has 0 aromatic rings. The molecular formula is C46H82N2O5S. The summed E-state index contributed by atoms with van der Waals surface area (Å²) < 4.78 is 11.0. The van der Waals surface area contributed by atoms with Gasteiger partial charge in [0.1, 0.15) is 0 Å². The topological polar surface area (TPSA) is 84.9 Å². The second-order valence-electron chi connectivity index (χ2n) is 14.8. The van der Waals surface area contributed by atoms with Crippen molar-refractivity contribution in [1.82, 2.24) is 10.2 Å². The molecule has 0 unspecified atom stereocenters. The van der Waals surface area contributed by atoms with Gasteiger partial charge in [-0.15, -0.1) is 0 Å². The Balaban J connectivity index is 4.17. The second-order valence-corrected chi connectivity index (χ2v) is 15.9. The van der Waals surface area contributed by atoms with Crippen LogP contribution in [0, 0.1) is 0 Å². The molecule has 0 atom stereocenters. The van der Waals surface area contributed by atoms with Gasteiger partial charge >= 0.3 is 11.9 Å². The smallest absolute Gasteiger partial charge is 0.307 e. The molecule has 0 radical (unpaired) electrons. The van der Waals surface area contributed by atoms with Crippen LogP contribution in [-0.4, -0.2) is 67.7 Å². The number of unbranched alkanes of at least 4 members (excludes halogenated alkanes) is 18. The van der Waals surface area contributed by atoms with Gasteiger partial charge in [0, 0.05) is 12.3 Å². The van der Waals surface area contributed by atoms with Crippen molar-refractivity contribution in [3.8, 4) is 0 Å². The molecule has 0 saturated heterocycles. The van der Waals surface area contributed by atoms with Crippen molar-refractivity contribution in [3.05, 3.63) is 48.6 Å². The summed E-state index contributed by atoms with van der Waals surface area (Å²) in [6.45, 7) is 5.97. The van der Waals surface area contributed by atoms with E-state index in [4.69, 9.17) is 9.47 Å². The average molecular weight is 775 g/mol. The van der Waals surface area contributed by atoms with E-state index in [9.17, 15) is 14.4 Å². The molecule has 0 aromatic carbocycles. The van der Waals surface area contributed by atoms with E-state index in [-0.39, 0.29) is 30.0 Å². The first-order valence-corrected chi connectivity index (χ1v) is 22.9. The minimum atomic E-state index is -0.643. The third kappa shape index (κ3) is 40.9. The summed E-state index contributed by atoms with van der Waals surface area (Å²) in [6, 6.07) is -0.643. The van der Waals surface area contributed by atoms with E-state index in [1.165, 1.54) is 89.9 Å². The van der Waals surface area contributed by atoms with Crippen LogP contribution in [-0.2, 0) is 19.1 Å². The molecule has 312 valence electrons. The maximum atomic E-state index is 12.7. The summed E-state index contributed by atoms with van der Waals surface area (Å²) in [5.74, 6) is -0.153. The third-order valence-corrected chi connectivity index (χ3v) is 9.90. The molecule has 0 aliphatic rings. The fourth-order valence-electron chi connectivity index (χ4n) is 5.78. The van der Waals surface area contributed by atoms with Gasteiger partial charge in [-0.25, -0.2) is 0 Å². The standard InChI is InChI=1S/C46H82N2O5S/c1-5-7-9-11-13-15-17-19-21-23-25-27-29-31-33-35-38-52-44(49)41-43(47-46(51)54-40-37-48(3)4)42-45(50)53-39-36-34-32-30-28-26-24-22-20-18-16-14-12-10-8-6-2/h13-16,19-22,43H,5-12,17-18,23-42H2,1-4H3,(H,47,51)/b15-13-,16-14-,21-19-,22-20-. The number of ether oxygens (including phenoxy) is 2. The summed E-state index contributed by atoms with van der Waals surface area (Å²) in [7, 11) is 3.91. The Morgan fingerprint density at radius 2 is 0.907 bits per heavy atom. The lowest BCUT2D eigenvalue weighted by atomic mass is 10.1. The molecule has 0 rings (SSSR count). The van der Waals surface area contributed by atoms with Gasteiger partial charge in [0.15, 0.2) is 0 Å². The normalized spacial score (nSPS) is 12.0. The first kappa shape index (κ1) is 51.7. The number of esters is 2. The Bertz CT molecular complexity index is 930. The largest absolute Gasteiger partial charge is 0.466 e. The summed E-state index contributed by atoms with van der Waals surface area (Å²) in [4.78, 5) is 39.9. The lowest BCUT2D eigenvalue weighted by molar-refractivity contribution is -0.146. The molecule has 7 nitrogen and oxygen atoms in total. The lowest BCUT2D eigenvalue weighted by Crippen LogP contribution is -2.37. The number of carbonyl (C=O) groups excluding carboxylic acids is 3. The van der Waals surface area contributed by atoms with Gasteiger partial charge in [0.05, 0.1) is 32.1 Å². The molecule has 0 aromatic heterocycles. The maximum Gasteiger partial charge on any atom is 0.307 e. The first-order chi connectivity index (χ1) is 26.4. The van der Waals surface area contributed by atoms with Crippen LogP contribution < -0.4 is 5.32 Å². The Kier molecular flexibility index (Phi) is 40.0. The molecule has 0 bridgehead atoms. The lowest BCUT2D eigenvalue weighted by Gasteiger charge is -2.18. The van der Waals surface area contributed by atoms with Crippen molar-refractivity contribution in [2.24, 2.45) is 0 Å². The van der Waals surface area contributed by atoms with E-state index in [0.717, 1.165) is 82.5 Å². The summed E-state index contributed by atoms with van der Waals surface area (Å²) in [6.07, 6.45) is 46.0. The highest BCUT2D eigenvalue weighted by Gasteiger charge is 2.22. The number of nitrogens with one attached hydrogen (secondary N) is 1. The fourth-order valence-corrected chi connectivity index (χ4v) is 6.67. The second kappa shape index (κ2) is 41.8. The molecule has 0 aliphatic heterocycles. The van der Waals surface area contributed by atoms with Gasteiger partial charge in [-0.3, -0.25) is 14.4 Å². The zero-order valence-corrected chi connectivity index (χ0v) is 36.1. The van der Waals surface area contributed by atoms with E-state index in [2.05, 4.69) is 67.8 Å². The van der Waals surface area contributed by atoms with Gasteiger partial charge in [0.25, 0.3) is 5.24 Å². The predicted molar refractivity (Wildman–Crippen MR) is 233 cm³/mol. The molecule has 0 fully saturated rings. The number of allylic oxidation sites excluding steroid dienone is 8. The minimum Gasteiger partial charge on any atom is -0.466 e. The number of nitrogens with zero attached hydrogens (tertiary/aromatic N) is 1. The quantitative estimate of drug-likeness (QED) is 0.0380. The highest BCUT2D eigenvalue weighted by Crippen LogP contribution is 2.12. The van der Waals surface area contributed by atoms with Gasteiger partial charge < -0.3 is 19.7 Å². The first-order valence-electron chi connectivity index (χ1n) is 21.9. The Morgan fingerprint density at radius 1 is 0.537 bits per heavy atom. The van der Waals surface area contributed by atoms with Crippen molar-refractivity contribution in [1.29, 1.82) is 0 Å². The van der Waals surface area contributed by atoms with Crippen molar-refractivity contribution < 1.29 is 23.9 Å². The third-order valence-electron chi connectivity index (χ3n) is 9.14. The molecule has 0 aliphatic carbocycles. The number of hydrogen-bond donors (Lipinski definition) is 1. The minimum absolute atomic E-state index is 0.0395. The Morgan fingerprint density at radius 3 is 1.30 bits per heavy atom. The number of hydrogen-bond acceptors (Lipinski definition) is 7. The molecule has 54 heavy (non-hydrogen) atoms. The Hall–Kier alpha value is -2.32. The monoisotopic (exact) mass is 775 g/mol. The summed E-state index contributed by atoms with van der Waals surface area (Å²) in [5, 5.41) is 2.62. The number of carbonyl (C=O) groups is 3. The zero-order valence-electron chi connectivity index (χ0n) is 35.3. The number of thioether (sulfide) groups is 1. The van der Waals surface area contributed by atoms with Crippen LogP contribution in [0.2, 0.25) is 0 Å². The van der Waals surface area contributed by atoms with Gasteiger partial charge in [-0.2, -0.15) is 0 Å². The summed E-state index contributed by atoms with van der Waals surface area (Å²) in [5.41, 5.74) is 0. The average Bonchev–Trinajstić information content (AvgIpc) is 3.14. The molecule has 8 heteroatoms. The van der Waals surface area contributed by atoms with Crippen molar-refractivity contribution in [2.75, 3.05) is 39.6 Å². The van der Waals surface area contributed by atoms with Crippen LogP contribution in [0.1, 0.15) is 181 Å². The van der Waals surface area contributed by atoms with Crippen LogP contribution in [0.15, 0.2) is 48.6 Å². The molecule has 0 heterocycles. The molecular weight excluding hydrogens is 693 g/mol. The van der Waals surface area contributed by atoms with E-state index >= 15 is 0 Å². The highest BCUT2D eigenvalue weighted by molar-refractivity contribution is 8.13. The summed E-state index contributed by atoms with van der Waals surface area (Å²) >= 11 is 1.16. The maximum absolute atomic E-state index is 12.7. The molecule has 1 N–H and O–H groups in total. The number of rotatable bonds is 38. The van der Waals surface area contributed by atoms with E-state index in [0.29, 0.717) is 19.0 Å². The van der Waals surface area contributed by atoms with Crippen molar-refractivity contribution in [2.45, 2.75) is 187 Å². The number of amides is 1. The van der Waals surface area contributed by atoms with Crippen LogP contribution in [0.25, 0.3) is 0 Å². The molecule has 0 spiro atoms. The van der Waals surface area contributed by atoms with Crippen LogP contribution >= 0.6 is 11.8 Å². The highest BCUT2D eigenvalue weighted by atomic mass is 32.2. The van der Waals surface area contributed by atoms with Crippen molar-refractivity contribution in [3.63, 3.8) is 0 Å². The van der Waals surface area contributed by atoms with Gasteiger partial charge in [-0.05, 0) is 91.1 Å².